The number of nitrogens with zero attached hydrogens (tertiary/aromatic N) is 22. The Labute approximate surface area is 817 Å². The van der Waals surface area contributed by atoms with Crippen molar-refractivity contribution in [1.82, 2.24) is 116 Å². The molecule has 0 amide bonds. The molecule has 0 saturated carbocycles. The van der Waals surface area contributed by atoms with E-state index in [1.165, 1.54) is 53.6 Å². The van der Waals surface area contributed by atoms with Crippen molar-refractivity contribution < 1.29 is 13.3 Å². The minimum Gasteiger partial charge on any atom is -0.451 e. The van der Waals surface area contributed by atoms with Gasteiger partial charge < -0.3 is 18.2 Å². The molecule has 0 saturated heterocycles. The number of aliphatic imine (C=N–C) groups is 4. The summed E-state index contributed by atoms with van der Waals surface area (Å²) in [5.74, 6) is 4.64. The maximum absolute atomic E-state index is 5.09. The monoisotopic (exact) mass is 1880 g/mol. The number of hydrogen-bond donors (Lipinski definition) is 5. The number of rotatable bonds is 0. The van der Waals surface area contributed by atoms with E-state index in [1.807, 2.05) is 64.9 Å². The molecule has 0 fully saturated rings. The third-order valence-electron chi connectivity index (χ3n) is 19.0. The molecule has 0 aromatic carbocycles. The second-order valence-corrected chi connectivity index (χ2v) is 48.1. The van der Waals surface area contributed by atoms with Crippen LogP contribution in [0.3, 0.4) is 0 Å². The van der Waals surface area contributed by atoms with Gasteiger partial charge in [0.2, 0.25) is 0 Å². The molecule has 4 aliphatic heterocycles. The summed E-state index contributed by atoms with van der Waals surface area (Å²) in [4.78, 5) is 51.7. The number of pyridine rings is 1. The molecule has 5 N–H and O–H groups in total. The molecule has 0 aliphatic carbocycles. The number of aromatic nitrogens is 23. The molecular formula is C106H177N27O3. The third kappa shape index (κ3) is 53.2. The summed E-state index contributed by atoms with van der Waals surface area (Å²) >= 11 is 0. The van der Waals surface area contributed by atoms with Crippen molar-refractivity contribution in [3.8, 4) is 0 Å². The molecule has 30 heteroatoms. The molecule has 0 spiro atoms. The number of oxazole rings is 3. The highest BCUT2D eigenvalue weighted by molar-refractivity contribution is 6.00. The van der Waals surface area contributed by atoms with E-state index in [-0.39, 0.29) is 70.6 Å². The quantitative estimate of drug-likeness (QED) is 0.0941. The Balaban J connectivity index is 0.000000729. The first-order valence-electron chi connectivity index (χ1n) is 46.8. The normalized spacial score (nSPS) is 13.6. The smallest absolute Gasteiger partial charge is 0.199 e. The number of nitrogens with one attached hydrogen (secondary N) is 5. The SMILES string of the molecule is CC(C)(C)C1=CCC=N1.CC(C)(C)C1=CCN=C1.CC(C)(C)C1=CN=CC1.CC(C)(C)C1=NCC=C1.CC(C)(C)c1cccnc1.CC(C)(C)c1cn[nH]n1.CC(C)(C)c1cn[nH]n1.CC(C)(C)c1cnco1.CC(C)(C)c1cocn1.CC(C)(C)c1ncc[nH]1.CC(C)(C)c1ncco1.CC(C)(C)c1ncn[nH]1.CC(C)(C)c1ncn[nH]1.CC(C)(C)n1cccn1.CC(C)(C)n1cncn1. The van der Waals surface area contributed by atoms with Gasteiger partial charge in [-0.1, -0.05) is 294 Å². The predicted octanol–water partition coefficient (Wildman–Crippen LogP) is 26.0. The van der Waals surface area contributed by atoms with Gasteiger partial charge in [-0.15, -0.1) is 0 Å². The zero-order valence-electron chi connectivity index (χ0n) is 92.1. The molecule has 0 radical (unpaired) electrons. The summed E-state index contributed by atoms with van der Waals surface area (Å²) in [5, 5.41) is 41.7. The first-order valence-corrected chi connectivity index (χ1v) is 46.8. The van der Waals surface area contributed by atoms with Crippen molar-refractivity contribution in [1.29, 1.82) is 0 Å². The van der Waals surface area contributed by atoms with Crippen molar-refractivity contribution >= 4 is 24.4 Å². The zero-order chi connectivity index (χ0) is 104. The van der Waals surface area contributed by atoms with Crippen molar-refractivity contribution in [2.75, 3.05) is 13.1 Å². The van der Waals surface area contributed by atoms with Gasteiger partial charge in [0.05, 0.1) is 66.0 Å². The molecule has 754 valence electrons. The lowest BCUT2D eigenvalue weighted by Crippen LogP contribution is -2.21. The Morgan fingerprint density at radius 3 is 1.17 bits per heavy atom. The summed E-state index contributed by atoms with van der Waals surface area (Å²) in [6.07, 6.45) is 49.0. The maximum atomic E-state index is 5.09. The molecule has 0 bridgehead atoms. The fourth-order valence-corrected chi connectivity index (χ4v) is 10.1. The van der Waals surface area contributed by atoms with Crippen LogP contribution in [0.1, 0.15) is 376 Å². The number of aromatic amines is 5. The van der Waals surface area contributed by atoms with Crippen molar-refractivity contribution in [2.45, 2.75) is 384 Å². The van der Waals surface area contributed by atoms with Crippen LogP contribution in [0.4, 0.5) is 0 Å². The lowest BCUT2D eigenvalue weighted by Gasteiger charge is -2.18. The lowest BCUT2D eigenvalue weighted by molar-refractivity contribution is 0.354. The van der Waals surface area contributed by atoms with Crippen LogP contribution in [-0.2, 0) is 59.8 Å². The van der Waals surface area contributed by atoms with Gasteiger partial charge in [0, 0.05) is 140 Å². The molecule has 4 aliphatic rings. The molecule has 136 heavy (non-hydrogen) atoms. The average Bonchev–Trinajstić information content (AvgIpc) is 1.22. The first kappa shape index (κ1) is 123. The van der Waals surface area contributed by atoms with Crippen LogP contribution in [0, 0.1) is 21.7 Å². The van der Waals surface area contributed by atoms with Gasteiger partial charge in [-0.2, -0.15) is 51.2 Å². The van der Waals surface area contributed by atoms with Gasteiger partial charge >= 0.3 is 0 Å². The van der Waals surface area contributed by atoms with E-state index in [4.69, 9.17) is 13.3 Å². The molecule has 30 nitrogen and oxygen atoms in total. The van der Waals surface area contributed by atoms with Crippen molar-refractivity contribution in [2.24, 2.45) is 41.6 Å². The van der Waals surface area contributed by atoms with E-state index in [1.54, 1.807) is 68.6 Å². The van der Waals surface area contributed by atoms with E-state index in [0.29, 0.717) is 10.8 Å². The van der Waals surface area contributed by atoms with Gasteiger partial charge in [0.1, 0.15) is 61.1 Å². The lowest BCUT2D eigenvalue weighted by atomic mass is 9.86. The minimum atomic E-state index is 0.0451. The van der Waals surface area contributed by atoms with Crippen LogP contribution >= 0.6 is 0 Å². The summed E-state index contributed by atoms with van der Waals surface area (Å²) in [6.45, 7) is 97.6. The summed E-state index contributed by atoms with van der Waals surface area (Å²) < 4.78 is 18.8. The number of H-pyrrole nitrogens is 5. The molecular weight excluding hydrogens is 1700 g/mol. The van der Waals surface area contributed by atoms with E-state index in [0.717, 1.165) is 72.1 Å². The van der Waals surface area contributed by atoms with Crippen LogP contribution in [-0.4, -0.2) is 153 Å². The average molecular weight is 1880 g/mol. The van der Waals surface area contributed by atoms with Crippen molar-refractivity contribution in [3.05, 3.63) is 230 Å². The highest BCUT2D eigenvalue weighted by Gasteiger charge is 2.25. The molecule has 11 aromatic heterocycles. The summed E-state index contributed by atoms with van der Waals surface area (Å²) in [7, 11) is 0. The fourth-order valence-electron chi connectivity index (χ4n) is 10.1. The van der Waals surface area contributed by atoms with E-state index in [2.05, 4.69) is 468 Å². The van der Waals surface area contributed by atoms with Gasteiger partial charge in [-0.25, -0.2) is 39.6 Å². The molecule has 15 rings (SSSR count). The second kappa shape index (κ2) is 54.5. The van der Waals surface area contributed by atoms with Crippen LogP contribution in [0.5, 0.6) is 0 Å². The molecule has 15 heterocycles. The standard InChI is InChI=1S/C9H13N.4C8H13N.2C7H12N2.3C7H11NO.5C6H11N3/c1-9(2,3)8-5-4-6-10-7-8;2*1-8(2,3)7-4-5-9-6-7;2*1-8(2,3)7-5-4-6-9-7;1-7(2,3)6-8-4-5-9-6;1-7(2,3)9-6-4-5-8-9;1-7(2,3)6-4-9-5-8-6;1-7(2,3)6-4-8-5-9-6;1-7(2,3)6-8-4-5-9-6;1-6(2,3)9-5-7-4-8-9;2*1-6(2,3)5-7-4-8-9-5;2*1-6(2,3)5-4-7-9-8-5/h4-7H,1-3H3;5-6H,4H2,1-3H3;4,6H,5H2,1-3H3;5-6H,4H2,1-3H3;4-5H,6H2,1-3H3;4-5H,1-3H3,(H,8,9);4-6H,1-3H3;4*4-5H,1-3H3;4*4H,1-3H3,(H,7,8,9). The fraction of sp³-hybridized carbons (Fsp3) is 0.604. The Kier molecular flexibility index (Phi) is 49.1. The summed E-state index contributed by atoms with van der Waals surface area (Å²) in [6, 6.07) is 6.01. The zero-order valence-corrected chi connectivity index (χ0v) is 92.1. The van der Waals surface area contributed by atoms with E-state index >= 15 is 0 Å². The number of hydrogen-bond acceptors (Lipinski definition) is 23. The van der Waals surface area contributed by atoms with Crippen LogP contribution < -0.4 is 0 Å². The third-order valence-corrected chi connectivity index (χ3v) is 19.0. The topological polar surface area (TPSA) is 384 Å². The molecule has 0 atom stereocenters. The van der Waals surface area contributed by atoms with Gasteiger partial charge in [-0.3, -0.25) is 39.8 Å². The number of imidazole rings is 1. The van der Waals surface area contributed by atoms with Gasteiger partial charge in [-0.05, 0) is 92.7 Å². The molecule has 0 unspecified atom stereocenters. The molecule has 11 aromatic rings. The van der Waals surface area contributed by atoms with Crippen LogP contribution in [0.2, 0.25) is 0 Å². The highest BCUT2D eigenvalue weighted by Crippen LogP contribution is 2.32. The van der Waals surface area contributed by atoms with E-state index in [9.17, 15) is 0 Å². The first-order chi connectivity index (χ1) is 62.1. The largest absolute Gasteiger partial charge is 0.451 e. The summed E-state index contributed by atoms with van der Waals surface area (Å²) in [5.41, 5.74) is 11.9. The van der Waals surface area contributed by atoms with Crippen molar-refractivity contribution in [3.63, 3.8) is 0 Å². The Bertz CT molecular complexity index is 4260. The van der Waals surface area contributed by atoms with Gasteiger partial charge in [0.25, 0.3) is 0 Å². The maximum Gasteiger partial charge on any atom is 0.199 e. The van der Waals surface area contributed by atoms with Gasteiger partial charge in [0.15, 0.2) is 18.7 Å². The Hall–Kier alpha value is -11.5. The van der Waals surface area contributed by atoms with Crippen LogP contribution in [0.25, 0.3) is 0 Å². The Morgan fingerprint density at radius 1 is 0.412 bits per heavy atom. The highest BCUT2D eigenvalue weighted by atomic mass is 16.3. The second-order valence-electron chi connectivity index (χ2n) is 48.1. The minimum absolute atomic E-state index is 0.0451. The number of allylic oxidation sites excluding steroid dienone is 5. The Morgan fingerprint density at radius 2 is 0.971 bits per heavy atom. The van der Waals surface area contributed by atoms with Crippen LogP contribution in [0.15, 0.2) is 211 Å². The predicted molar refractivity (Wildman–Crippen MR) is 561 cm³/mol. The van der Waals surface area contributed by atoms with E-state index < -0.39 is 0 Å².